The van der Waals surface area contributed by atoms with Gasteiger partial charge in [0.05, 0.1) is 19.6 Å². The van der Waals surface area contributed by atoms with E-state index in [9.17, 15) is 9.59 Å². The SMILES string of the molecule is COC(=O)[C@H](Cc1ccc(OC)nc1)NC(=O)CC(c1ccccc1)(c1ccccc1)c1ccccc1. The van der Waals surface area contributed by atoms with Crippen molar-refractivity contribution >= 4 is 11.9 Å². The number of ether oxygens (including phenoxy) is 2. The predicted octanol–water partition coefficient (Wildman–Crippen LogP) is 4.72. The van der Waals surface area contributed by atoms with Crippen molar-refractivity contribution in [3.63, 3.8) is 0 Å². The third-order valence-electron chi connectivity index (χ3n) is 6.49. The van der Waals surface area contributed by atoms with E-state index in [0.717, 1.165) is 22.3 Å². The number of methoxy groups -OCH3 is 2. The Hall–Kier alpha value is -4.45. The van der Waals surface area contributed by atoms with Crippen LogP contribution in [0.5, 0.6) is 5.88 Å². The van der Waals surface area contributed by atoms with Gasteiger partial charge < -0.3 is 14.8 Å². The number of carbonyl (C=O) groups is 2. The number of hydrogen-bond acceptors (Lipinski definition) is 5. The fourth-order valence-corrected chi connectivity index (χ4v) is 4.68. The maximum Gasteiger partial charge on any atom is 0.328 e. The van der Waals surface area contributed by atoms with E-state index in [1.54, 1.807) is 12.3 Å². The van der Waals surface area contributed by atoms with Crippen LogP contribution in [0.2, 0.25) is 0 Å². The first-order valence-corrected chi connectivity index (χ1v) is 12.1. The maximum absolute atomic E-state index is 13.7. The van der Waals surface area contributed by atoms with E-state index in [4.69, 9.17) is 9.47 Å². The molecule has 1 aromatic heterocycles. The van der Waals surface area contributed by atoms with Crippen LogP contribution < -0.4 is 10.1 Å². The first-order chi connectivity index (χ1) is 18.1. The molecule has 4 aromatic rings. The van der Waals surface area contributed by atoms with Crippen LogP contribution in [0.15, 0.2) is 109 Å². The van der Waals surface area contributed by atoms with Crippen molar-refractivity contribution in [2.24, 2.45) is 0 Å². The van der Waals surface area contributed by atoms with Crippen LogP contribution in [0.4, 0.5) is 0 Å². The fraction of sp³-hybridized carbons (Fsp3) is 0.194. The maximum atomic E-state index is 13.7. The molecular formula is C31H30N2O4. The Labute approximate surface area is 217 Å². The number of amides is 1. The van der Waals surface area contributed by atoms with E-state index in [0.29, 0.717) is 5.88 Å². The van der Waals surface area contributed by atoms with Gasteiger partial charge in [-0.2, -0.15) is 0 Å². The zero-order chi connectivity index (χ0) is 26.1. The Balaban J connectivity index is 1.71. The summed E-state index contributed by atoms with van der Waals surface area (Å²) in [4.78, 5) is 30.6. The number of rotatable bonds is 10. The molecule has 1 atom stereocenters. The van der Waals surface area contributed by atoms with Crippen molar-refractivity contribution < 1.29 is 19.1 Å². The van der Waals surface area contributed by atoms with Gasteiger partial charge in [-0.05, 0) is 22.3 Å². The highest BCUT2D eigenvalue weighted by Gasteiger charge is 2.39. The molecular weight excluding hydrogens is 464 g/mol. The molecule has 0 aliphatic carbocycles. The Bertz CT molecular complexity index is 1200. The van der Waals surface area contributed by atoms with Crippen LogP contribution >= 0.6 is 0 Å². The van der Waals surface area contributed by atoms with Gasteiger partial charge in [-0.1, -0.05) is 97.1 Å². The van der Waals surface area contributed by atoms with E-state index in [1.165, 1.54) is 14.2 Å². The van der Waals surface area contributed by atoms with Crippen molar-refractivity contribution in [3.05, 3.63) is 132 Å². The number of nitrogens with zero attached hydrogens (tertiary/aromatic N) is 1. The van der Waals surface area contributed by atoms with Gasteiger partial charge in [0.2, 0.25) is 11.8 Å². The first-order valence-electron chi connectivity index (χ1n) is 12.1. The van der Waals surface area contributed by atoms with E-state index in [-0.39, 0.29) is 18.7 Å². The zero-order valence-corrected chi connectivity index (χ0v) is 21.0. The topological polar surface area (TPSA) is 77.5 Å². The molecule has 37 heavy (non-hydrogen) atoms. The molecule has 0 aliphatic rings. The highest BCUT2D eigenvalue weighted by Crippen LogP contribution is 2.42. The van der Waals surface area contributed by atoms with Crippen molar-refractivity contribution in [3.8, 4) is 5.88 Å². The molecule has 4 rings (SSSR count). The lowest BCUT2D eigenvalue weighted by Gasteiger charge is -2.36. The van der Waals surface area contributed by atoms with E-state index in [1.807, 2.05) is 97.1 Å². The number of pyridine rings is 1. The normalized spacial score (nSPS) is 11.8. The summed E-state index contributed by atoms with van der Waals surface area (Å²) in [7, 11) is 2.86. The largest absolute Gasteiger partial charge is 0.481 e. The lowest BCUT2D eigenvalue weighted by molar-refractivity contribution is -0.145. The summed E-state index contributed by atoms with van der Waals surface area (Å²) in [5.41, 5.74) is 2.96. The Kier molecular flexibility index (Phi) is 8.31. The summed E-state index contributed by atoms with van der Waals surface area (Å²) in [6.07, 6.45) is 1.97. The number of nitrogens with one attached hydrogen (secondary N) is 1. The monoisotopic (exact) mass is 494 g/mol. The molecule has 1 heterocycles. The number of esters is 1. The first kappa shape index (κ1) is 25.6. The highest BCUT2D eigenvalue weighted by molar-refractivity contribution is 5.86. The number of aromatic nitrogens is 1. The van der Waals surface area contributed by atoms with Gasteiger partial charge in [0.15, 0.2) is 0 Å². The van der Waals surface area contributed by atoms with Crippen LogP contribution in [0.3, 0.4) is 0 Å². The third kappa shape index (κ3) is 5.86. The van der Waals surface area contributed by atoms with Gasteiger partial charge in [0.1, 0.15) is 6.04 Å². The molecule has 6 heteroatoms. The average molecular weight is 495 g/mol. The van der Waals surface area contributed by atoms with Gasteiger partial charge in [-0.25, -0.2) is 9.78 Å². The van der Waals surface area contributed by atoms with E-state index in [2.05, 4.69) is 10.3 Å². The minimum atomic E-state index is -0.868. The standard InChI is InChI=1S/C31H30N2O4/c1-36-29-19-18-23(22-32-29)20-27(30(35)37-2)33-28(34)21-31(24-12-6-3-7-13-24,25-14-8-4-9-15-25)26-16-10-5-11-17-26/h3-19,22,27H,20-21H2,1-2H3,(H,33,34)/t27-/m0/s1. The minimum absolute atomic E-state index is 0.0966. The Morgan fingerprint density at radius 3 is 1.70 bits per heavy atom. The molecule has 0 unspecified atom stereocenters. The van der Waals surface area contributed by atoms with Crippen LogP contribution in [0, 0.1) is 0 Å². The zero-order valence-electron chi connectivity index (χ0n) is 21.0. The third-order valence-corrected chi connectivity index (χ3v) is 6.49. The van der Waals surface area contributed by atoms with Crippen molar-refractivity contribution in [2.75, 3.05) is 14.2 Å². The quantitative estimate of drug-likeness (QED) is 0.255. The van der Waals surface area contributed by atoms with Gasteiger partial charge in [0, 0.05) is 25.1 Å². The Morgan fingerprint density at radius 1 is 0.784 bits per heavy atom. The fourth-order valence-electron chi connectivity index (χ4n) is 4.68. The number of benzene rings is 3. The molecule has 0 bridgehead atoms. The average Bonchev–Trinajstić information content (AvgIpc) is 2.97. The van der Waals surface area contributed by atoms with E-state index < -0.39 is 17.4 Å². The molecule has 0 spiro atoms. The van der Waals surface area contributed by atoms with Crippen LogP contribution in [0.25, 0.3) is 0 Å². The van der Waals surface area contributed by atoms with E-state index >= 15 is 0 Å². The molecule has 0 aliphatic heterocycles. The second kappa shape index (κ2) is 12.0. The molecule has 0 saturated carbocycles. The van der Waals surface area contributed by atoms with Crippen molar-refractivity contribution in [1.82, 2.24) is 10.3 Å². The summed E-state index contributed by atoms with van der Waals surface area (Å²) in [6.45, 7) is 0. The molecule has 6 nitrogen and oxygen atoms in total. The lowest BCUT2D eigenvalue weighted by atomic mass is 9.67. The smallest absolute Gasteiger partial charge is 0.328 e. The lowest BCUT2D eigenvalue weighted by Crippen LogP contribution is -2.46. The van der Waals surface area contributed by atoms with Crippen LogP contribution in [-0.4, -0.2) is 37.1 Å². The molecule has 1 amide bonds. The summed E-state index contributed by atoms with van der Waals surface area (Å²) >= 11 is 0. The van der Waals surface area contributed by atoms with Gasteiger partial charge in [-0.15, -0.1) is 0 Å². The predicted molar refractivity (Wildman–Crippen MR) is 142 cm³/mol. The van der Waals surface area contributed by atoms with Gasteiger partial charge in [0.25, 0.3) is 0 Å². The molecule has 0 radical (unpaired) electrons. The molecule has 1 N–H and O–H groups in total. The molecule has 188 valence electrons. The van der Waals surface area contributed by atoms with Crippen LogP contribution in [-0.2, 0) is 26.2 Å². The molecule has 0 saturated heterocycles. The summed E-state index contributed by atoms with van der Waals surface area (Å²) in [5.74, 6) is -0.317. The molecule has 0 fully saturated rings. The highest BCUT2D eigenvalue weighted by atomic mass is 16.5. The number of carbonyl (C=O) groups excluding carboxylic acids is 2. The molecule has 3 aromatic carbocycles. The van der Waals surface area contributed by atoms with Crippen LogP contribution in [0.1, 0.15) is 28.7 Å². The summed E-state index contributed by atoms with van der Waals surface area (Å²) in [5, 5.41) is 2.94. The van der Waals surface area contributed by atoms with Gasteiger partial charge >= 0.3 is 5.97 Å². The second-order valence-corrected chi connectivity index (χ2v) is 8.74. The Morgan fingerprint density at radius 2 is 1.30 bits per heavy atom. The van der Waals surface area contributed by atoms with Crippen molar-refractivity contribution in [1.29, 1.82) is 0 Å². The second-order valence-electron chi connectivity index (χ2n) is 8.74. The minimum Gasteiger partial charge on any atom is -0.481 e. The van der Waals surface area contributed by atoms with Crippen molar-refractivity contribution in [2.45, 2.75) is 24.3 Å². The van der Waals surface area contributed by atoms with Gasteiger partial charge in [-0.3, -0.25) is 4.79 Å². The summed E-state index contributed by atoms with van der Waals surface area (Å²) < 4.78 is 10.1. The number of hydrogen-bond donors (Lipinski definition) is 1. The summed E-state index contributed by atoms with van der Waals surface area (Å²) in [6, 6.07) is 32.6.